The van der Waals surface area contributed by atoms with Crippen LogP contribution in [0.4, 0.5) is 4.79 Å². The second kappa shape index (κ2) is 9.50. The standard InChI is InChI=1S/C18H28NO6/c1-15(21)25-19(10-12-23-13-11-20,17(22)24-18(2,3)4)14-16-8-6-5-7-9-16/h5-9,20H,10-14H2,1-4H3/q+1. The third-order valence-electron chi connectivity index (χ3n) is 3.14. The van der Waals surface area contributed by atoms with Crippen LogP contribution in [0.3, 0.4) is 0 Å². The van der Waals surface area contributed by atoms with Crippen molar-refractivity contribution in [3.63, 3.8) is 0 Å². The molecule has 0 fully saturated rings. The van der Waals surface area contributed by atoms with E-state index in [4.69, 9.17) is 19.4 Å². The van der Waals surface area contributed by atoms with E-state index in [-0.39, 0.29) is 32.9 Å². The molecule has 7 heteroatoms. The van der Waals surface area contributed by atoms with E-state index >= 15 is 0 Å². The van der Waals surface area contributed by atoms with E-state index in [1.54, 1.807) is 20.8 Å². The number of aliphatic hydroxyl groups excluding tert-OH is 1. The summed E-state index contributed by atoms with van der Waals surface area (Å²) in [4.78, 5) is 29.9. The fourth-order valence-corrected chi connectivity index (χ4v) is 2.20. The first-order chi connectivity index (χ1) is 11.7. The number of nitrogens with zero attached hydrogens (tertiary/aromatic N) is 1. The Morgan fingerprint density at radius 2 is 1.76 bits per heavy atom. The summed E-state index contributed by atoms with van der Waals surface area (Å²) >= 11 is 0. The molecule has 0 aliphatic carbocycles. The molecule has 1 atom stereocenters. The lowest BCUT2D eigenvalue weighted by Gasteiger charge is -2.32. The van der Waals surface area contributed by atoms with Crippen LogP contribution < -0.4 is 0 Å². The molecule has 0 aromatic heterocycles. The van der Waals surface area contributed by atoms with E-state index in [1.165, 1.54) is 6.92 Å². The molecule has 1 aromatic carbocycles. The van der Waals surface area contributed by atoms with E-state index in [9.17, 15) is 9.59 Å². The summed E-state index contributed by atoms with van der Waals surface area (Å²) in [5, 5.41) is 8.83. The Labute approximate surface area is 148 Å². The summed E-state index contributed by atoms with van der Waals surface area (Å²) in [5.41, 5.74) is 0.0837. The highest BCUT2D eigenvalue weighted by Crippen LogP contribution is 2.22. The molecule has 0 saturated heterocycles. The third kappa shape index (κ3) is 7.64. The molecule has 0 saturated carbocycles. The first kappa shape index (κ1) is 21.1. The van der Waals surface area contributed by atoms with Gasteiger partial charge in [-0.2, -0.15) is 4.79 Å². The number of amides is 1. The Morgan fingerprint density at radius 3 is 2.28 bits per heavy atom. The maximum absolute atomic E-state index is 12.9. The van der Waals surface area contributed by atoms with E-state index in [2.05, 4.69) is 0 Å². The number of carbonyl (C=O) groups excluding carboxylic acids is 2. The predicted octanol–water partition coefficient (Wildman–Crippen LogP) is 2.43. The molecule has 0 bridgehead atoms. The lowest BCUT2D eigenvalue weighted by molar-refractivity contribution is -1.04. The SMILES string of the molecule is CC(=O)O[N+](CCOCCO)(Cc1ccccc1)C(=O)OC(C)(C)C. The van der Waals surface area contributed by atoms with E-state index in [0.717, 1.165) is 5.56 Å². The number of rotatable bonds is 7. The van der Waals surface area contributed by atoms with E-state index < -0.39 is 22.3 Å². The average Bonchev–Trinajstić information content (AvgIpc) is 2.50. The van der Waals surface area contributed by atoms with Crippen LogP contribution in [-0.2, 0) is 25.7 Å². The summed E-state index contributed by atoms with van der Waals surface area (Å²) < 4.78 is 10.1. The Morgan fingerprint density at radius 1 is 1.12 bits per heavy atom. The highest BCUT2D eigenvalue weighted by molar-refractivity contribution is 5.67. The van der Waals surface area contributed by atoms with Gasteiger partial charge in [-0.1, -0.05) is 30.3 Å². The molecule has 1 unspecified atom stereocenters. The number of hydrogen-bond acceptors (Lipinski definition) is 6. The van der Waals surface area contributed by atoms with Gasteiger partial charge in [0.25, 0.3) is 0 Å². The Kier molecular flexibility index (Phi) is 8.02. The van der Waals surface area contributed by atoms with Gasteiger partial charge < -0.3 is 14.6 Å². The van der Waals surface area contributed by atoms with E-state index in [0.29, 0.717) is 0 Å². The molecule has 0 heterocycles. The van der Waals surface area contributed by atoms with Crippen molar-refractivity contribution in [2.45, 2.75) is 39.8 Å². The summed E-state index contributed by atoms with van der Waals surface area (Å²) in [6, 6.07) is 9.23. The van der Waals surface area contributed by atoms with Gasteiger partial charge in [-0.25, -0.2) is 4.79 Å². The normalized spacial score (nSPS) is 13.8. The Balaban J connectivity index is 3.11. The number of hydrogen-bond donors (Lipinski definition) is 1. The van der Waals surface area contributed by atoms with Gasteiger partial charge in [0.05, 0.1) is 13.2 Å². The maximum atomic E-state index is 12.9. The van der Waals surface area contributed by atoms with Crippen molar-refractivity contribution >= 4 is 12.1 Å². The monoisotopic (exact) mass is 354 g/mol. The maximum Gasteiger partial charge on any atom is 0.560 e. The second-order valence-electron chi connectivity index (χ2n) is 6.66. The molecule has 140 valence electrons. The lowest BCUT2D eigenvalue weighted by Crippen LogP contribution is -2.56. The van der Waals surface area contributed by atoms with Crippen LogP contribution in [0, 0.1) is 0 Å². The lowest BCUT2D eigenvalue weighted by atomic mass is 10.2. The summed E-state index contributed by atoms with van der Waals surface area (Å²) in [6.07, 6.45) is -0.667. The molecule has 1 amide bonds. The highest BCUT2D eigenvalue weighted by Gasteiger charge is 2.46. The van der Waals surface area contributed by atoms with Gasteiger partial charge in [-0.3, -0.25) is 4.84 Å². The van der Waals surface area contributed by atoms with Crippen LogP contribution >= 0.6 is 0 Å². The molecule has 1 aromatic rings. The highest BCUT2D eigenvalue weighted by atomic mass is 16.8. The van der Waals surface area contributed by atoms with Crippen molar-refractivity contribution in [3.05, 3.63) is 35.9 Å². The fraction of sp³-hybridized carbons (Fsp3) is 0.556. The van der Waals surface area contributed by atoms with Crippen molar-refractivity contribution in [3.8, 4) is 0 Å². The minimum atomic E-state index is -0.733. The Bertz CT molecular complexity index is 554. The van der Waals surface area contributed by atoms with Crippen LogP contribution in [0.25, 0.3) is 0 Å². The average molecular weight is 354 g/mol. The van der Waals surface area contributed by atoms with Gasteiger partial charge in [-0.15, -0.1) is 0 Å². The third-order valence-corrected chi connectivity index (χ3v) is 3.14. The van der Waals surface area contributed by atoms with Gasteiger partial charge in [0.15, 0.2) is 13.1 Å². The van der Waals surface area contributed by atoms with Crippen molar-refractivity contribution in [1.82, 2.24) is 0 Å². The Hall–Kier alpha value is -1.96. The number of benzene rings is 1. The van der Waals surface area contributed by atoms with Gasteiger partial charge >= 0.3 is 12.1 Å². The molecular formula is C18H28NO6+. The zero-order chi connectivity index (χ0) is 18.9. The molecule has 25 heavy (non-hydrogen) atoms. The first-order valence-corrected chi connectivity index (χ1v) is 8.22. The molecule has 1 rings (SSSR count). The molecule has 0 aliphatic heterocycles. The van der Waals surface area contributed by atoms with Crippen LogP contribution in [0.1, 0.15) is 33.3 Å². The van der Waals surface area contributed by atoms with Gasteiger partial charge in [0.1, 0.15) is 12.2 Å². The van der Waals surface area contributed by atoms with Crippen LogP contribution in [-0.4, -0.2) is 53.8 Å². The van der Waals surface area contributed by atoms with Crippen LogP contribution in [0.5, 0.6) is 0 Å². The van der Waals surface area contributed by atoms with Gasteiger partial charge in [0.2, 0.25) is 0 Å². The molecule has 0 spiro atoms. The summed E-state index contributed by atoms with van der Waals surface area (Å²) in [6.45, 7) is 6.82. The minimum absolute atomic E-state index is 0.0728. The smallest absolute Gasteiger partial charge is 0.411 e. The summed E-state index contributed by atoms with van der Waals surface area (Å²) in [5.74, 6) is -0.594. The number of carbonyl (C=O) groups is 2. The van der Waals surface area contributed by atoms with Crippen LogP contribution in [0.15, 0.2) is 30.3 Å². The zero-order valence-corrected chi connectivity index (χ0v) is 15.4. The number of ether oxygens (including phenoxy) is 2. The second-order valence-corrected chi connectivity index (χ2v) is 6.66. The van der Waals surface area contributed by atoms with Crippen LogP contribution in [0.2, 0.25) is 0 Å². The zero-order valence-electron chi connectivity index (χ0n) is 15.4. The van der Waals surface area contributed by atoms with Gasteiger partial charge in [-0.05, 0) is 25.4 Å². The van der Waals surface area contributed by atoms with Gasteiger partial charge in [0, 0.05) is 12.5 Å². The first-order valence-electron chi connectivity index (χ1n) is 8.22. The topological polar surface area (TPSA) is 82.1 Å². The van der Waals surface area contributed by atoms with Crippen molar-refractivity contribution < 1.29 is 33.7 Å². The largest absolute Gasteiger partial charge is 0.560 e. The molecule has 0 radical (unpaired) electrons. The molecular weight excluding hydrogens is 326 g/mol. The predicted molar refractivity (Wildman–Crippen MR) is 91.2 cm³/mol. The number of hydroxylamine groups is 3. The molecule has 7 nitrogen and oxygen atoms in total. The molecule has 1 N–H and O–H groups in total. The minimum Gasteiger partial charge on any atom is -0.411 e. The van der Waals surface area contributed by atoms with E-state index in [1.807, 2.05) is 30.3 Å². The fourth-order valence-electron chi connectivity index (χ4n) is 2.20. The van der Waals surface area contributed by atoms with Crippen molar-refractivity contribution in [2.75, 3.05) is 26.4 Å². The quantitative estimate of drug-likeness (QED) is 0.460. The summed E-state index contributed by atoms with van der Waals surface area (Å²) in [7, 11) is 0. The van der Waals surface area contributed by atoms with Crippen molar-refractivity contribution in [2.24, 2.45) is 0 Å². The number of quaternary nitrogens is 1. The van der Waals surface area contributed by atoms with Crippen molar-refractivity contribution in [1.29, 1.82) is 0 Å². The molecule has 0 aliphatic rings. The number of aliphatic hydroxyl groups is 1.